The number of hydrogen-bond donors (Lipinski definition) is 0. The first-order valence-corrected chi connectivity index (χ1v) is 11.5. The molecular weight excluding hydrogens is 489 g/mol. The molecule has 6 bridgehead atoms. The van der Waals surface area contributed by atoms with Crippen LogP contribution in [0.4, 0.5) is 0 Å². The van der Waals surface area contributed by atoms with Gasteiger partial charge in [0.05, 0.1) is 17.8 Å². The van der Waals surface area contributed by atoms with Crippen LogP contribution in [0.25, 0.3) is 0 Å². The molecule has 8 nitrogen and oxygen atoms in total. The monoisotopic (exact) mass is 509 g/mol. The SMILES string of the molecule is Cl.N#Cc1ccc2cc1Oc1ccc(Cl)c(c1)CN1CCN(CC1=O)C(=O)c1cnc3n1C2CC3. The topological polar surface area (TPSA) is 91.5 Å². The third kappa shape index (κ3) is 3.91. The van der Waals surface area contributed by atoms with Gasteiger partial charge in [0, 0.05) is 31.1 Å². The summed E-state index contributed by atoms with van der Waals surface area (Å²) >= 11 is 6.43. The Kier molecular flexibility index (Phi) is 5.91. The van der Waals surface area contributed by atoms with Crippen molar-refractivity contribution in [1.29, 1.82) is 5.26 Å². The lowest BCUT2D eigenvalue weighted by Gasteiger charge is -2.35. The van der Waals surface area contributed by atoms with Crippen LogP contribution in [0.15, 0.2) is 42.6 Å². The molecule has 1 saturated heterocycles. The minimum atomic E-state index is -0.198. The van der Waals surface area contributed by atoms with E-state index in [0.717, 1.165) is 29.8 Å². The van der Waals surface area contributed by atoms with Gasteiger partial charge in [0.25, 0.3) is 5.91 Å². The molecule has 0 N–H and O–H groups in total. The highest BCUT2D eigenvalue weighted by molar-refractivity contribution is 6.31. The molecule has 1 aromatic heterocycles. The van der Waals surface area contributed by atoms with Gasteiger partial charge in [-0.25, -0.2) is 4.98 Å². The zero-order chi connectivity index (χ0) is 23.4. The molecule has 35 heavy (non-hydrogen) atoms. The Morgan fingerprint density at radius 1 is 1.09 bits per heavy atom. The van der Waals surface area contributed by atoms with Crippen molar-refractivity contribution in [3.63, 3.8) is 0 Å². The average molecular weight is 510 g/mol. The van der Waals surface area contributed by atoms with Gasteiger partial charge in [-0.05, 0) is 47.9 Å². The van der Waals surface area contributed by atoms with E-state index in [9.17, 15) is 14.9 Å². The number of ether oxygens (including phenoxy) is 1. The quantitative estimate of drug-likeness (QED) is 0.457. The Labute approximate surface area is 213 Å². The van der Waals surface area contributed by atoms with E-state index in [-0.39, 0.29) is 36.8 Å². The molecule has 0 radical (unpaired) electrons. The highest BCUT2D eigenvalue weighted by Gasteiger charge is 2.34. The number of rotatable bonds is 0. The second kappa shape index (κ2) is 8.91. The first-order chi connectivity index (χ1) is 16.5. The summed E-state index contributed by atoms with van der Waals surface area (Å²) in [6.07, 6.45) is 3.13. The summed E-state index contributed by atoms with van der Waals surface area (Å²) in [7, 11) is 0. The van der Waals surface area contributed by atoms with E-state index >= 15 is 0 Å². The standard InChI is InChI=1S/C25H20ClN5O3.ClH/c26-19-4-3-18-9-17(19)13-29-7-8-30(14-24(29)32)25(33)21-12-28-23-6-5-20(31(21)23)15-1-2-16(11-27)22(10-15)34-18;/h1-4,9-10,12,20H,5-8,13-14H2;1H. The van der Waals surface area contributed by atoms with E-state index < -0.39 is 0 Å². The average Bonchev–Trinajstić information content (AvgIpc) is 3.44. The van der Waals surface area contributed by atoms with Gasteiger partial charge in [0.15, 0.2) is 0 Å². The third-order valence-electron chi connectivity index (χ3n) is 6.77. The maximum absolute atomic E-state index is 13.4. The van der Waals surface area contributed by atoms with Crippen LogP contribution < -0.4 is 4.74 Å². The second-order valence-corrected chi connectivity index (χ2v) is 9.16. The minimum absolute atomic E-state index is 0. The van der Waals surface area contributed by atoms with Crippen molar-refractivity contribution in [2.45, 2.75) is 25.4 Å². The van der Waals surface area contributed by atoms with Crippen molar-refractivity contribution in [2.75, 3.05) is 19.6 Å². The molecule has 5 heterocycles. The summed E-state index contributed by atoms with van der Waals surface area (Å²) in [5.41, 5.74) is 2.56. The molecule has 2 aromatic carbocycles. The summed E-state index contributed by atoms with van der Waals surface area (Å²) in [5, 5.41) is 10.2. The molecule has 3 aromatic rings. The molecular formula is C25H21Cl2N5O3. The normalized spacial score (nSPS) is 18.6. The number of hydrogen-bond acceptors (Lipinski definition) is 5. The Morgan fingerprint density at radius 3 is 2.71 bits per heavy atom. The molecule has 4 aliphatic rings. The first kappa shape index (κ1) is 23.2. The minimum Gasteiger partial charge on any atom is -0.456 e. The lowest BCUT2D eigenvalue weighted by atomic mass is 10.0. The van der Waals surface area contributed by atoms with Crippen LogP contribution in [0.2, 0.25) is 5.02 Å². The Morgan fingerprint density at radius 2 is 1.91 bits per heavy atom. The summed E-state index contributed by atoms with van der Waals surface area (Å²) in [4.78, 5) is 34.2. The predicted octanol–water partition coefficient (Wildman–Crippen LogP) is 3.96. The number of carbonyl (C=O) groups is 2. The molecule has 7 rings (SSSR count). The molecule has 2 amide bonds. The van der Waals surface area contributed by atoms with Crippen LogP contribution in [0.1, 0.15) is 45.5 Å². The highest BCUT2D eigenvalue weighted by Crippen LogP contribution is 2.37. The zero-order valence-electron chi connectivity index (χ0n) is 18.6. The summed E-state index contributed by atoms with van der Waals surface area (Å²) in [6, 6.07) is 12.9. The largest absolute Gasteiger partial charge is 0.456 e. The van der Waals surface area contributed by atoms with E-state index in [1.54, 1.807) is 40.3 Å². The maximum atomic E-state index is 13.4. The fraction of sp³-hybridized carbons (Fsp3) is 0.280. The molecule has 178 valence electrons. The number of nitriles is 1. The third-order valence-corrected chi connectivity index (χ3v) is 7.14. The van der Waals surface area contributed by atoms with E-state index in [1.165, 1.54) is 0 Å². The van der Waals surface area contributed by atoms with Crippen molar-refractivity contribution in [3.8, 4) is 17.6 Å². The zero-order valence-corrected chi connectivity index (χ0v) is 20.2. The lowest BCUT2D eigenvalue weighted by Crippen LogP contribution is -2.52. The van der Waals surface area contributed by atoms with Crippen molar-refractivity contribution >= 4 is 35.8 Å². The van der Waals surface area contributed by atoms with Gasteiger partial charge >= 0.3 is 0 Å². The number of amides is 2. The van der Waals surface area contributed by atoms with E-state index in [1.807, 2.05) is 16.7 Å². The maximum Gasteiger partial charge on any atom is 0.272 e. The molecule has 1 unspecified atom stereocenters. The molecule has 0 spiro atoms. The fourth-order valence-electron chi connectivity index (χ4n) is 5.00. The lowest BCUT2D eigenvalue weighted by molar-refractivity contribution is -0.135. The van der Waals surface area contributed by atoms with Gasteiger partial charge in [0.2, 0.25) is 5.91 Å². The van der Waals surface area contributed by atoms with Crippen LogP contribution in [-0.4, -0.2) is 50.8 Å². The Hall–Kier alpha value is -3.54. The van der Waals surface area contributed by atoms with Gasteiger partial charge in [-0.3, -0.25) is 9.59 Å². The number of nitrogens with zero attached hydrogens (tertiary/aromatic N) is 5. The highest BCUT2D eigenvalue weighted by atomic mass is 35.5. The van der Waals surface area contributed by atoms with Crippen molar-refractivity contribution < 1.29 is 14.3 Å². The van der Waals surface area contributed by atoms with E-state index in [4.69, 9.17) is 16.3 Å². The summed E-state index contributed by atoms with van der Waals surface area (Å²) in [6.45, 7) is 1.17. The second-order valence-electron chi connectivity index (χ2n) is 8.75. The molecule has 0 aliphatic carbocycles. The number of benzene rings is 2. The van der Waals surface area contributed by atoms with Gasteiger partial charge in [0.1, 0.15) is 35.6 Å². The Balaban J connectivity index is 0.00000253. The molecule has 1 fully saturated rings. The summed E-state index contributed by atoms with van der Waals surface area (Å²) in [5.74, 6) is 1.48. The van der Waals surface area contributed by atoms with E-state index in [2.05, 4.69) is 11.1 Å². The van der Waals surface area contributed by atoms with Crippen molar-refractivity contribution in [3.05, 3.63) is 75.8 Å². The fourth-order valence-corrected chi connectivity index (χ4v) is 5.18. The summed E-state index contributed by atoms with van der Waals surface area (Å²) < 4.78 is 8.13. The number of piperazine rings is 1. The van der Waals surface area contributed by atoms with Crippen molar-refractivity contribution in [1.82, 2.24) is 19.4 Å². The van der Waals surface area contributed by atoms with Crippen LogP contribution in [0.5, 0.6) is 11.5 Å². The van der Waals surface area contributed by atoms with Gasteiger partial charge in [-0.15, -0.1) is 12.4 Å². The number of aromatic nitrogens is 2. The first-order valence-electron chi connectivity index (χ1n) is 11.2. The van der Waals surface area contributed by atoms with Gasteiger partial charge in [-0.2, -0.15) is 5.26 Å². The smallest absolute Gasteiger partial charge is 0.272 e. The van der Waals surface area contributed by atoms with Gasteiger partial charge in [-0.1, -0.05) is 17.7 Å². The van der Waals surface area contributed by atoms with Crippen LogP contribution in [0.3, 0.4) is 0 Å². The number of imidazole rings is 1. The van der Waals surface area contributed by atoms with Crippen molar-refractivity contribution in [2.24, 2.45) is 0 Å². The number of aryl methyl sites for hydroxylation is 1. The van der Waals surface area contributed by atoms with Gasteiger partial charge < -0.3 is 19.1 Å². The number of fused-ring (bicyclic) bond motifs is 2. The molecule has 4 aliphatic heterocycles. The predicted molar refractivity (Wildman–Crippen MR) is 130 cm³/mol. The van der Waals surface area contributed by atoms with Crippen LogP contribution >= 0.6 is 24.0 Å². The van der Waals surface area contributed by atoms with E-state index in [0.29, 0.717) is 47.4 Å². The van der Waals surface area contributed by atoms with Crippen LogP contribution in [-0.2, 0) is 17.8 Å². The Bertz CT molecular complexity index is 1400. The molecule has 0 saturated carbocycles. The molecule has 1 atom stereocenters. The van der Waals surface area contributed by atoms with Crippen LogP contribution in [0, 0.1) is 11.3 Å². The molecule has 10 heteroatoms. The number of carbonyl (C=O) groups excluding carboxylic acids is 2. The number of halogens is 2.